The molecule has 1 heterocycles. The van der Waals surface area contributed by atoms with Gasteiger partial charge in [-0.3, -0.25) is 0 Å². The highest BCUT2D eigenvalue weighted by Gasteiger charge is 2.26. The Morgan fingerprint density at radius 1 is 1.19 bits per heavy atom. The Morgan fingerprint density at radius 3 is 2.43 bits per heavy atom. The van der Waals surface area contributed by atoms with E-state index in [-0.39, 0.29) is 5.75 Å². The Balaban J connectivity index is 2.28. The topological polar surface area (TPSA) is 49.4 Å². The zero-order valence-electron chi connectivity index (χ0n) is 13.2. The summed E-state index contributed by atoms with van der Waals surface area (Å²) in [5.74, 6) is 0.191. The van der Waals surface area contributed by atoms with Crippen LogP contribution in [0.3, 0.4) is 0 Å². The van der Waals surface area contributed by atoms with E-state index in [1.54, 1.807) is 12.1 Å². The molecule has 2 atom stereocenters. The molecule has 1 aliphatic heterocycles. The van der Waals surface area contributed by atoms with Crippen molar-refractivity contribution in [1.82, 2.24) is 5.01 Å². The summed E-state index contributed by atoms with van der Waals surface area (Å²) in [5.41, 5.74) is 4.07. The molecule has 2 unspecified atom stereocenters. The van der Waals surface area contributed by atoms with Gasteiger partial charge in [0.1, 0.15) is 0 Å². The number of benzene rings is 1. The second kappa shape index (κ2) is 6.79. The van der Waals surface area contributed by atoms with Crippen LogP contribution in [0.2, 0.25) is 0 Å². The van der Waals surface area contributed by atoms with Crippen molar-refractivity contribution < 1.29 is 8.42 Å². The van der Waals surface area contributed by atoms with E-state index in [9.17, 15) is 8.42 Å². The van der Waals surface area contributed by atoms with Gasteiger partial charge in [0.05, 0.1) is 16.3 Å². The molecule has 0 amide bonds. The summed E-state index contributed by atoms with van der Waals surface area (Å²) in [5, 5.41) is 2.20. The van der Waals surface area contributed by atoms with Crippen molar-refractivity contribution in [3.05, 3.63) is 24.3 Å². The molecule has 0 aliphatic carbocycles. The summed E-state index contributed by atoms with van der Waals surface area (Å²) in [6, 6.07) is 8.05. The van der Waals surface area contributed by atoms with E-state index in [4.69, 9.17) is 0 Å². The number of anilines is 1. The largest absolute Gasteiger partial charge is 0.317 e. The minimum Gasteiger partial charge on any atom is -0.317 e. The van der Waals surface area contributed by atoms with E-state index < -0.39 is 9.84 Å². The molecule has 0 bridgehead atoms. The fourth-order valence-electron chi connectivity index (χ4n) is 2.99. The number of piperidine rings is 1. The van der Waals surface area contributed by atoms with Crippen molar-refractivity contribution in [3.63, 3.8) is 0 Å². The Morgan fingerprint density at radius 2 is 1.81 bits per heavy atom. The number of hydrazine groups is 1. The first-order valence-corrected chi connectivity index (χ1v) is 9.47. The van der Waals surface area contributed by atoms with Crippen LogP contribution < -0.4 is 5.43 Å². The maximum absolute atomic E-state index is 12.4. The number of hydrogen-bond acceptors (Lipinski definition) is 4. The molecule has 0 radical (unpaired) electrons. The lowest BCUT2D eigenvalue weighted by molar-refractivity contribution is 0.135. The molecule has 4 nitrogen and oxygen atoms in total. The Kier molecular flexibility index (Phi) is 5.27. The van der Waals surface area contributed by atoms with Gasteiger partial charge in [-0.2, -0.15) is 0 Å². The van der Waals surface area contributed by atoms with Crippen LogP contribution >= 0.6 is 0 Å². The van der Waals surface area contributed by atoms with Gasteiger partial charge in [0.25, 0.3) is 0 Å². The first kappa shape index (κ1) is 16.3. The monoisotopic (exact) mass is 310 g/mol. The van der Waals surface area contributed by atoms with Crippen LogP contribution in [-0.4, -0.2) is 31.3 Å². The fraction of sp³-hybridized carbons (Fsp3) is 0.625. The second-order valence-corrected chi connectivity index (χ2v) is 8.04. The average molecular weight is 310 g/mol. The number of rotatable bonds is 5. The molecule has 0 saturated carbocycles. The molecule has 1 aromatic rings. The number of nitrogens with one attached hydrogen (secondary N) is 1. The molecule has 1 N–H and O–H groups in total. The van der Waals surface area contributed by atoms with Crippen LogP contribution in [0.4, 0.5) is 5.69 Å². The van der Waals surface area contributed by atoms with Crippen molar-refractivity contribution in [2.75, 3.05) is 11.2 Å². The fourth-order valence-corrected chi connectivity index (χ4v) is 4.48. The van der Waals surface area contributed by atoms with Gasteiger partial charge in [0, 0.05) is 12.1 Å². The molecule has 0 spiro atoms. The summed E-state index contributed by atoms with van der Waals surface area (Å²) in [6.07, 6.45) is 4.14. The van der Waals surface area contributed by atoms with Gasteiger partial charge in [-0.05, 0) is 45.2 Å². The van der Waals surface area contributed by atoms with E-state index in [0.29, 0.717) is 29.1 Å². The third-order valence-corrected chi connectivity index (χ3v) is 6.11. The van der Waals surface area contributed by atoms with Crippen molar-refractivity contribution >= 4 is 15.5 Å². The number of hydrogen-bond donors (Lipinski definition) is 1. The summed E-state index contributed by atoms with van der Waals surface area (Å²) < 4.78 is 24.8. The molecule has 1 saturated heterocycles. The van der Waals surface area contributed by atoms with Crippen LogP contribution in [0, 0.1) is 0 Å². The first-order valence-electron chi connectivity index (χ1n) is 7.82. The van der Waals surface area contributed by atoms with Gasteiger partial charge in [-0.25, -0.2) is 13.4 Å². The third-order valence-electron chi connectivity index (χ3n) is 4.14. The van der Waals surface area contributed by atoms with Gasteiger partial charge in [-0.1, -0.05) is 25.5 Å². The molecule has 2 rings (SSSR count). The molecular weight excluding hydrogens is 284 g/mol. The molecule has 1 fully saturated rings. The highest BCUT2D eigenvalue weighted by atomic mass is 32.2. The predicted molar refractivity (Wildman–Crippen MR) is 87.0 cm³/mol. The van der Waals surface area contributed by atoms with Gasteiger partial charge < -0.3 is 5.43 Å². The zero-order chi connectivity index (χ0) is 15.5. The standard InChI is InChI=1S/C16H26N2O2S/c1-4-12-21(19,20)16-11-6-5-10-15(16)17-18-13(2)8-7-9-14(18)3/h5-6,10-11,13-14,17H,4,7-9,12H2,1-3H3. The highest BCUT2D eigenvalue weighted by molar-refractivity contribution is 7.91. The van der Waals surface area contributed by atoms with Crippen molar-refractivity contribution in [2.45, 2.75) is 63.4 Å². The average Bonchev–Trinajstić information content (AvgIpc) is 2.43. The Bertz CT molecular complexity index is 561. The molecule has 1 aromatic carbocycles. The van der Waals surface area contributed by atoms with Gasteiger partial charge in [0.15, 0.2) is 9.84 Å². The minimum absolute atomic E-state index is 0.191. The summed E-state index contributed by atoms with van der Waals surface area (Å²) in [7, 11) is -3.22. The highest BCUT2D eigenvalue weighted by Crippen LogP contribution is 2.27. The molecule has 1 aliphatic rings. The lowest BCUT2D eigenvalue weighted by Crippen LogP contribution is -2.47. The normalized spacial score (nSPS) is 24.0. The second-order valence-electron chi connectivity index (χ2n) is 5.96. The first-order chi connectivity index (χ1) is 9.95. The van der Waals surface area contributed by atoms with E-state index >= 15 is 0 Å². The van der Waals surface area contributed by atoms with Crippen LogP contribution in [-0.2, 0) is 9.84 Å². The third kappa shape index (κ3) is 3.77. The smallest absolute Gasteiger partial charge is 0.180 e. The number of sulfone groups is 1. The van der Waals surface area contributed by atoms with E-state index in [2.05, 4.69) is 24.3 Å². The number of nitrogens with zero attached hydrogens (tertiary/aromatic N) is 1. The van der Waals surface area contributed by atoms with Gasteiger partial charge in [0.2, 0.25) is 0 Å². The summed E-state index contributed by atoms with van der Waals surface area (Å²) in [6.45, 7) is 6.26. The quantitative estimate of drug-likeness (QED) is 0.905. The molecule has 5 heteroatoms. The van der Waals surface area contributed by atoms with E-state index in [0.717, 1.165) is 12.8 Å². The predicted octanol–water partition coefficient (Wildman–Crippen LogP) is 3.46. The SMILES string of the molecule is CCCS(=O)(=O)c1ccccc1NN1C(C)CCCC1C. The van der Waals surface area contributed by atoms with E-state index in [1.165, 1.54) is 6.42 Å². The Labute approximate surface area is 128 Å². The van der Waals surface area contributed by atoms with Crippen molar-refractivity contribution in [2.24, 2.45) is 0 Å². The molecule has 118 valence electrons. The van der Waals surface area contributed by atoms with E-state index in [1.807, 2.05) is 19.1 Å². The van der Waals surface area contributed by atoms with Gasteiger partial charge >= 0.3 is 0 Å². The maximum Gasteiger partial charge on any atom is 0.180 e. The number of para-hydroxylation sites is 1. The van der Waals surface area contributed by atoms with Crippen LogP contribution in [0.15, 0.2) is 29.2 Å². The maximum atomic E-state index is 12.4. The molecular formula is C16H26N2O2S. The lowest BCUT2D eigenvalue weighted by Gasteiger charge is -2.39. The van der Waals surface area contributed by atoms with Crippen LogP contribution in [0.5, 0.6) is 0 Å². The van der Waals surface area contributed by atoms with Crippen molar-refractivity contribution in [3.8, 4) is 0 Å². The summed E-state index contributed by atoms with van der Waals surface area (Å²) >= 11 is 0. The van der Waals surface area contributed by atoms with Crippen LogP contribution in [0.25, 0.3) is 0 Å². The Hall–Kier alpha value is -1.07. The van der Waals surface area contributed by atoms with Crippen molar-refractivity contribution in [1.29, 1.82) is 0 Å². The molecule has 0 aromatic heterocycles. The molecule has 21 heavy (non-hydrogen) atoms. The minimum atomic E-state index is -3.22. The zero-order valence-corrected chi connectivity index (χ0v) is 14.0. The summed E-state index contributed by atoms with van der Waals surface area (Å²) in [4.78, 5) is 0.414. The van der Waals surface area contributed by atoms with Crippen LogP contribution in [0.1, 0.15) is 46.5 Å². The lowest BCUT2D eigenvalue weighted by atomic mass is 10.00. The van der Waals surface area contributed by atoms with Gasteiger partial charge in [-0.15, -0.1) is 0 Å².